The molecule has 1 aromatic heterocycles. The van der Waals surface area contributed by atoms with Crippen LogP contribution in [0.4, 0.5) is 0 Å². The van der Waals surface area contributed by atoms with Crippen molar-refractivity contribution in [1.29, 1.82) is 0 Å². The fourth-order valence-electron chi connectivity index (χ4n) is 1.70. The number of nitrogens with one attached hydrogen (secondary N) is 1. The Labute approximate surface area is 98.0 Å². The van der Waals surface area contributed by atoms with Crippen molar-refractivity contribution in [3.05, 3.63) is 20.8 Å². The summed E-state index contributed by atoms with van der Waals surface area (Å²) in [7, 11) is 0. The van der Waals surface area contributed by atoms with Gasteiger partial charge in [0, 0.05) is 15.9 Å². The monoisotopic (exact) mass is 273 g/mol. The molecular weight excluding hydrogens is 258 g/mol. The summed E-state index contributed by atoms with van der Waals surface area (Å²) in [5.74, 6) is 1.86. The first-order valence-corrected chi connectivity index (χ1v) is 6.87. The standard InChI is InChI=1S/C11H16BrNS/c1-8(9-2-3-9)6-13-7-11-10(12)4-5-14-11/h4-5,8-9,13H,2-3,6-7H2,1H3. The Kier molecular flexibility index (Phi) is 3.63. The van der Waals surface area contributed by atoms with Crippen LogP contribution in [-0.4, -0.2) is 6.54 Å². The van der Waals surface area contributed by atoms with Gasteiger partial charge in [0.2, 0.25) is 0 Å². The van der Waals surface area contributed by atoms with Crippen molar-refractivity contribution in [2.75, 3.05) is 6.54 Å². The highest BCUT2D eigenvalue weighted by atomic mass is 79.9. The Morgan fingerprint density at radius 2 is 2.43 bits per heavy atom. The second kappa shape index (κ2) is 4.77. The van der Waals surface area contributed by atoms with E-state index in [4.69, 9.17) is 0 Å². The van der Waals surface area contributed by atoms with Crippen molar-refractivity contribution < 1.29 is 0 Å². The highest BCUT2D eigenvalue weighted by molar-refractivity contribution is 9.10. The third kappa shape index (κ3) is 2.81. The summed E-state index contributed by atoms with van der Waals surface area (Å²) in [5, 5.41) is 5.66. The maximum Gasteiger partial charge on any atom is 0.0327 e. The maximum atomic E-state index is 3.55. The second-order valence-corrected chi connectivity index (χ2v) is 5.99. The molecule has 3 heteroatoms. The fourth-order valence-corrected chi connectivity index (χ4v) is 3.16. The van der Waals surface area contributed by atoms with Gasteiger partial charge in [-0.3, -0.25) is 0 Å². The number of hydrogen-bond donors (Lipinski definition) is 1. The van der Waals surface area contributed by atoms with Crippen LogP contribution in [0, 0.1) is 11.8 Å². The highest BCUT2D eigenvalue weighted by Gasteiger charge is 2.27. The molecule has 2 rings (SSSR count). The molecule has 1 aromatic rings. The molecule has 78 valence electrons. The topological polar surface area (TPSA) is 12.0 Å². The molecule has 0 amide bonds. The van der Waals surface area contributed by atoms with Gasteiger partial charge in [0.25, 0.3) is 0 Å². The summed E-state index contributed by atoms with van der Waals surface area (Å²) in [6.45, 7) is 4.53. The van der Waals surface area contributed by atoms with Crippen LogP contribution >= 0.6 is 27.3 Å². The zero-order valence-corrected chi connectivity index (χ0v) is 10.8. The van der Waals surface area contributed by atoms with E-state index >= 15 is 0 Å². The largest absolute Gasteiger partial charge is 0.312 e. The molecule has 1 aliphatic rings. The molecule has 1 N–H and O–H groups in total. The molecule has 1 nitrogen and oxygen atoms in total. The summed E-state index contributed by atoms with van der Waals surface area (Å²) in [4.78, 5) is 1.41. The minimum atomic E-state index is 0.855. The molecule has 0 spiro atoms. The lowest BCUT2D eigenvalue weighted by molar-refractivity contribution is 0.462. The second-order valence-electron chi connectivity index (χ2n) is 4.14. The van der Waals surface area contributed by atoms with Crippen molar-refractivity contribution in [3.63, 3.8) is 0 Å². The van der Waals surface area contributed by atoms with Gasteiger partial charge < -0.3 is 5.32 Å². The van der Waals surface area contributed by atoms with Gasteiger partial charge in [-0.05, 0) is 58.6 Å². The Morgan fingerprint density at radius 1 is 1.64 bits per heavy atom. The van der Waals surface area contributed by atoms with Crippen LogP contribution in [0.2, 0.25) is 0 Å². The van der Waals surface area contributed by atoms with Crippen molar-refractivity contribution in [1.82, 2.24) is 5.32 Å². The summed E-state index contributed by atoms with van der Waals surface area (Å²) in [6.07, 6.45) is 2.90. The molecule has 1 unspecified atom stereocenters. The van der Waals surface area contributed by atoms with Crippen LogP contribution in [0.1, 0.15) is 24.6 Å². The zero-order chi connectivity index (χ0) is 9.97. The summed E-state index contributed by atoms with van der Waals surface area (Å²) < 4.78 is 1.24. The van der Waals surface area contributed by atoms with Crippen LogP contribution in [0.3, 0.4) is 0 Å². The van der Waals surface area contributed by atoms with Crippen LogP contribution in [0.5, 0.6) is 0 Å². The third-order valence-electron chi connectivity index (χ3n) is 2.87. The third-order valence-corrected chi connectivity index (χ3v) is 4.80. The lowest BCUT2D eigenvalue weighted by atomic mass is 10.1. The van der Waals surface area contributed by atoms with E-state index in [1.54, 1.807) is 0 Å². The van der Waals surface area contributed by atoms with E-state index in [0.29, 0.717) is 0 Å². The minimum Gasteiger partial charge on any atom is -0.312 e. The van der Waals surface area contributed by atoms with E-state index in [-0.39, 0.29) is 0 Å². The van der Waals surface area contributed by atoms with Gasteiger partial charge in [0.05, 0.1) is 0 Å². The maximum absolute atomic E-state index is 3.55. The Bertz CT molecular complexity index is 293. The normalized spacial score (nSPS) is 18.4. The Morgan fingerprint density at radius 3 is 3.00 bits per heavy atom. The van der Waals surface area contributed by atoms with E-state index in [1.807, 2.05) is 11.3 Å². The first-order chi connectivity index (χ1) is 6.77. The van der Waals surface area contributed by atoms with Crippen molar-refractivity contribution in [3.8, 4) is 0 Å². The van der Waals surface area contributed by atoms with E-state index in [9.17, 15) is 0 Å². The lowest BCUT2D eigenvalue weighted by Crippen LogP contribution is -2.21. The summed E-state index contributed by atoms with van der Waals surface area (Å²) in [5.41, 5.74) is 0. The van der Waals surface area contributed by atoms with E-state index in [1.165, 1.54) is 22.2 Å². The van der Waals surface area contributed by atoms with Crippen molar-refractivity contribution in [2.45, 2.75) is 26.3 Å². The number of hydrogen-bond acceptors (Lipinski definition) is 2. The fraction of sp³-hybridized carbons (Fsp3) is 0.636. The van der Waals surface area contributed by atoms with Crippen LogP contribution in [-0.2, 0) is 6.54 Å². The average Bonchev–Trinajstić information content (AvgIpc) is 2.93. The molecular formula is C11H16BrNS. The highest BCUT2D eigenvalue weighted by Crippen LogP contribution is 2.36. The SMILES string of the molecule is CC(CNCc1sccc1Br)C1CC1. The first-order valence-electron chi connectivity index (χ1n) is 5.20. The molecule has 0 aliphatic heterocycles. The van der Waals surface area contributed by atoms with Gasteiger partial charge >= 0.3 is 0 Å². The lowest BCUT2D eigenvalue weighted by Gasteiger charge is -2.10. The summed E-state index contributed by atoms with van der Waals surface area (Å²) >= 11 is 5.36. The number of thiophene rings is 1. The smallest absolute Gasteiger partial charge is 0.0327 e. The van der Waals surface area contributed by atoms with Crippen LogP contribution in [0.15, 0.2) is 15.9 Å². The number of rotatable bonds is 5. The average molecular weight is 274 g/mol. The molecule has 0 aromatic carbocycles. The quantitative estimate of drug-likeness (QED) is 0.864. The van der Waals surface area contributed by atoms with Gasteiger partial charge in [-0.25, -0.2) is 0 Å². The molecule has 0 saturated heterocycles. The molecule has 0 radical (unpaired) electrons. The van der Waals surface area contributed by atoms with Gasteiger partial charge in [-0.2, -0.15) is 0 Å². The molecule has 14 heavy (non-hydrogen) atoms. The van der Waals surface area contributed by atoms with E-state index in [2.05, 4.69) is 39.6 Å². The van der Waals surface area contributed by atoms with Gasteiger partial charge in [-0.1, -0.05) is 6.92 Å². The zero-order valence-electron chi connectivity index (χ0n) is 8.42. The minimum absolute atomic E-state index is 0.855. The van der Waals surface area contributed by atoms with Crippen molar-refractivity contribution in [2.24, 2.45) is 11.8 Å². The van der Waals surface area contributed by atoms with Gasteiger partial charge in [-0.15, -0.1) is 11.3 Å². The molecule has 1 heterocycles. The summed E-state index contributed by atoms with van der Waals surface area (Å²) in [6, 6.07) is 2.12. The van der Waals surface area contributed by atoms with Crippen LogP contribution < -0.4 is 5.32 Å². The molecule has 1 saturated carbocycles. The van der Waals surface area contributed by atoms with Gasteiger partial charge in [0.1, 0.15) is 0 Å². The van der Waals surface area contributed by atoms with Crippen LogP contribution in [0.25, 0.3) is 0 Å². The molecule has 1 aliphatic carbocycles. The molecule has 0 bridgehead atoms. The Hall–Kier alpha value is 0.140. The predicted molar refractivity (Wildman–Crippen MR) is 65.6 cm³/mol. The van der Waals surface area contributed by atoms with Crippen molar-refractivity contribution >= 4 is 27.3 Å². The first kappa shape index (κ1) is 10.7. The van der Waals surface area contributed by atoms with E-state index < -0.39 is 0 Å². The van der Waals surface area contributed by atoms with E-state index in [0.717, 1.165) is 24.9 Å². The molecule has 1 fully saturated rings. The molecule has 1 atom stereocenters. The Balaban J connectivity index is 1.69. The predicted octanol–water partition coefficient (Wildman–Crippen LogP) is 3.65. The number of halogens is 1. The van der Waals surface area contributed by atoms with Gasteiger partial charge in [0.15, 0.2) is 0 Å².